The van der Waals surface area contributed by atoms with E-state index in [1.54, 1.807) is 19.1 Å². The fraction of sp³-hybridized carbons (Fsp3) is 0.500. The average molecular weight is 297 g/mol. The van der Waals surface area contributed by atoms with Crippen molar-refractivity contribution < 1.29 is 9.72 Å². The van der Waals surface area contributed by atoms with Crippen LogP contribution in [-0.4, -0.2) is 22.8 Å². The number of hydrogen-bond acceptors (Lipinski definition) is 3. The molecule has 6 heteroatoms. The zero-order valence-electron chi connectivity index (χ0n) is 11.3. The van der Waals surface area contributed by atoms with Crippen LogP contribution < -0.4 is 5.32 Å². The number of nitrogens with zero attached hydrogens (tertiary/aromatic N) is 1. The highest BCUT2D eigenvalue weighted by atomic mass is 35.5. The predicted octanol–water partition coefficient (Wildman–Crippen LogP) is 3.04. The molecule has 2 unspecified atom stereocenters. The number of amides is 1. The maximum absolute atomic E-state index is 12.1. The summed E-state index contributed by atoms with van der Waals surface area (Å²) in [6, 6.07) is 4.76. The largest absolute Gasteiger partial charge is 0.351 e. The Morgan fingerprint density at radius 2 is 2.25 bits per heavy atom. The third kappa shape index (κ3) is 3.10. The number of benzene rings is 1. The van der Waals surface area contributed by atoms with Gasteiger partial charge in [-0.1, -0.05) is 18.6 Å². The van der Waals surface area contributed by atoms with Gasteiger partial charge in [0.05, 0.1) is 4.92 Å². The number of aryl methyl sites for hydroxylation is 1. The Labute approximate surface area is 122 Å². The normalized spacial score (nSPS) is 21.7. The van der Waals surface area contributed by atoms with Gasteiger partial charge in [-0.3, -0.25) is 14.9 Å². The molecular formula is C14H17ClN2O3. The van der Waals surface area contributed by atoms with Crippen LogP contribution in [0.25, 0.3) is 0 Å². The van der Waals surface area contributed by atoms with Crippen molar-refractivity contribution in [3.63, 3.8) is 0 Å². The smallest absolute Gasteiger partial charge is 0.285 e. The summed E-state index contributed by atoms with van der Waals surface area (Å²) in [7, 11) is 0. The number of nitro benzene ring substituents is 1. The lowest BCUT2D eigenvalue weighted by Gasteiger charge is -2.14. The zero-order valence-corrected chi connectivity index (χ0v) is 12.0. The van der Waals surface area contributed by atoms with Gasteiger partial charge >= 0.3 is 0 Å². The summed E-state index contributed by atoms with van der Waals surface area (Å²) in [5.74, 6) is -0.152. The molecule has 1 fully saturated rings. The van der Waals surface area contributed by atoms with Crippen molar-refractivity contribution in [2.24, 2.45) is 5.92 Å². The van der Waals surface area contributed by atoms with E-state index in [-0.39, 0.29) is 22.5 Å². The van der Waals surface area contributed by atoms with Gasteiger partial charge in [-0.05, 0) is 31.7 Å². The Bertz CT molecular complexity index is 533. The SMILES string of the molecule is Cc1cccc(C(=O)NCC2CCCC2Cl)c1[N+](=O)[O-]. The van der Waals surface area contributed by atoms with Crippen molar-refractivity contribution in [1.82, 2.24) is 5.32 Å². The molecule has 0 bridgehead atoms. The number of carbonyl (C=O) groups is 1. The monoisotopic (exact) mass is 296 g/mol. The molecule has 1 N–H and O–H groups in total. The lowest BCUT2D eigenvalue weighted by atomic mass is 10.1. The third-order valence-electron chi connectivity index (χ3n) is 3.76. The van der Waals surface area contributed by atoms with E-state index in [0.29, 0.717) is 12.1 Å². The lowest BCUT2D eigenvalue weighted by molar-refractivity contribution is -0.385. The first-order valence-corrected chi connectivity index (χ1v) is 7.10. The molecule has 1 amide bonds. The van der Waals surface area contributed by atoms with Gasteiger partial charge in [0.2, 0.25) is 0 Å². The van der Waals surface area contributed by atoms with Crippen molar-refractivity contribution >= 4 is 23.2 Å². The van der Waals surface area contributed by atoms with Gasteiger partial charge in [0.1, 0.15) is 5.56 Å². The third-order valence-corrected chi connectivity index (χ3v) is 4.33. The van der Waals surface area contributed by atoms with Crippen molar-refractivity contribution in [1.29, 1.82) is 0 Å². The van der Waals surface area contributed by atoms with Crippen LogP contribution >= 0.6 is 11.6 Å². The Kier molecular flexibility index (Phi) is 4.60. The fourth-order valence-electron chi connectivity index (χ4n) is 2.63. The van der Waals surface area contributed by atoms with Crippen molar-refractivity contribution in [2.75, 3.05) is 6.54 Å². The van der Waals surface area contributed by atoms with E-state index in [9.17, 15) is 14.9 Å². The van der Waals surface area contributed by atoms with E-state index in [2.05, 4.69) is 5.32 Å². The highest BCUT2D eigenvalue weighted by Crippen LogP contribution is 2.29. The Hall–Kier alpha value is -1.62. The van der Waals surface area contributed by atoms with E-state index < -0.39 is 10.8 Å². The number of rotatable bonds is 4. The molecule has 1 aromatic carbocycles. The van der Waals surface area contributed by atoms with Gasteiger partial charge in [-0.15, -0.1) is 11.6 Å². The maximum atomic E-state index is 12.1. The molecule has 1 aliphatic carbocycles. The van der Waals surface area contributed by atoms with Crippen LogP contribution in [-0.2, 0) is 0 Å². The number of alkyl halides is 1. The zero-order chi connectivity index (χ0) is 14.7. The second kappa shape index (κ2) is 6.22. The quantitative estimate of drug-likeness (QED) is 0.527. The van der Waals surface area contributed by atoms with Crippen LogP contribution in [0.2, 0.25) is 0 Å². The van der Waals surface area contributed by atoms with Crippen LogP contribution in [0.5, 0.6) is 0 Å². The first-order valence-electron chi connectivity index (χ1n) is 6.67. The topological polar surface area (TPSA) is 72.2 Å². The molecule has 2 rings (SSSR count). The molecule has 1 aromatic rings. The number of hydrogen-bond donors (Lipinski definition) is 1. The van der Waals surface area contributed by atoms with Crippen molar-refractivity contribution in [3.8, 4) is 0 Å². The van der Waals surface area contributed by atoms with Crippen LogP contribution in [0, 0.1) is 23.0 Å². The van der Waals surface area contributed by atoms with Crippen LogP contribution in [0.3, 0.4) is 0 Å². The summed E-state index contributed by atoms with van der Waals surface area (Å²) >= 11 is 6.16. The Balaban J connectivity index is 2.09. The molecule has 0 aromatic heterocycles. The minimum Gasteiger partial charge on any atom is -0.351 e. The van der Waals surface area contributed by atoms with Crippen LogP contribution in [0.4, 0.5) is 5.69 Å². The molecule has 0 aliphatic heterocycles. The van der Waals surface area contributed by atoms with Crippen LogP contribution in [0.1, 0.15) is 35.2 Å². The molecule has 0 saturated heterocycles. The first-order chi connectivity index (χ1) is 9.50. The predicted molar refractivity (Wildman–Crippen MR) is 77.1 cm³/mol. The van der Waals surface area contributed by atoms with Gasteiger partial charge in [0.25, 0.3) is 11.6 Å². The fourth-order valence-corrected chi connectivity index (χ4v) is 2.99. The minimum atomic E-state index is -0.510. The number of carbonyl (C=O) groups excluding carboxylic acids is 1. The van der Waals surface area contributed by atoms with Gasteiger partial charge < -0.3 is 5.32 Å². The number of para-hydroxylation sites is 1. The average Bonchev–Trinajstić information content (AvgIpc) is 2.80. The van der Waals surface area contributed by atoms with Gasteiger partial charge in [-0.2, -0.15) is 0 Å². The molecule has 1 saturated carbocycles. The van der Waals surface area contributed by atoms with E-state index in [1.807, 2.05) is 0 Å². The van der Waals surface area contributed by atoms with E-state index in [1.165, 1.54) is 6.07 Å². The van der Waals surface area contributed by atoms with E-state index >= 15 is 0 Å². The first kappa shape index (κ1) is 14.8. The molecule has 5 nitrogen and oxygen atoms in total. The van der Waals surface area contributed by atoms with E-state index in [0.717, 1.165) is 19.3 Å². The molecule has 1 aliphatic rings. The second-order valence-corrected chi connectivity index (χ2v) is 5.71. The van der Waals surface area contributed by atoms with Gasteiger partial charge in [-0.25, -0.2) is 0 Å². The summed E-state index contributed by atoms with van der Waals surface area (Å²) in [4.78, 5) is 22.7. The number of nitrogens with one attached hydrogen (secondary N) is 1. The van der Waals surface area contributed by atoms with Crippen LogP contribution in [0.15, 0.2) is 18.2 Å². The Morgan fingerprint density at radius 1 is 1.50 bits per heavy atom. The molecule has 0 spiro atoms. The maximum Gasteiger partial charge on any atom is 0.285 e. The molecule has 108 valence electrons. The molecule has 0 radical (unpaired) electrons. The molecule has 0 heterocycles. The summed E-state index contributed by atoms with van der Waals surface area (Å²) in [6.45, 7) is 2.10. The van der Waals surface area contributed by atoms with Crippen molar-refractivity contribution in [2.45, 2.75) is 31.6 Å². The second-order valence-electron chi connectivity index (χ2n) is 5.15. The highest BCUT2D eigenvalue weighted by Gasteiger charge is 2.27. The Morgan fingerprint density at radius 3 is 2.85 bits per heavy atom. The summed E-state index contributed by atoms with van der Waals surface area (Å²) in [6.07, 6.45) is 3.02. The van der Waals surface area contributed by atoms with E-state index in [4.69, 9.17) is 11.6 Å². The molecular weight excluding hydrogens is 280 g/mol. The van der Waals surface area contributed by atoms with Gasteiger partial charge in [0.15, 0.2) is 0 Å². The minimum absolute atomic E-state index is 0.0859. The summed E-state index contributed by atoms with van der Waals surface area (Å²) in [5, 5.41) is 13.9. The molecule has 2 atom stereocenters. The summed E-state index contributed by atoms with van der Waals surface area (Å²) in [5.41, 5.74) is 0.469. The number of nitro groups is 1. The standard InChI is InChI=1S/C14H17ClN2O3/c1-9-4-2-6-11(13(9)17(19)20)14(18)16-8-10-5-3-7-12(10)15/h2,4,6,10,12H,3,5,7-8H2,1H3,(H,16,18). The summed E-state index contributed by atoms with van der Waals surface area (Å²) < 4.78 is 0. The number of halogens is 1. The lowest BCUT2D eigenvalue weighted by Crippen LogP contribution is -2.31. The molecule has 20 heavy (non-hydrogen) atoms. The highest BCUT2D eigenvalue weighted by molar-refractivity contribution is 6.21. The van der Waals surface area contributed by atoms with Gasteiger partial charge in [0, 0.05) is 17.5 Å². The van der Waals surface area contributed by atoms with Crippen molar-refractivity contribution in [3.05, 3.63) is 39.4 Å².